The van der Waals surface area contributed by atoms with Gasteiger partial charge in [-0.05, 0) is 12.1 Å². The topological polar surface area (TPSA) is 38.3 Å². The third kappa shape index (κ3) is 2.87. The van der Waals surface area contributed by atoms with Crippen LogP contribution in [0.1, 0.15) is 0 Å². The second-order valence-electron chi connectivity index (χ2n) is 2.65. The Labute approximate surface area is 83.8 Å². The van der Waals surface area contributed by atoms with Crippen molar-refractivity contribution in [3.8, 4) is 5.75 Å². The first kappa shape index (κ1) is 11.4. The molecule has 0 fully saturated rings. The monoisotopic (exact) mass is 219 g/mol. The molecule has 0 aliphatic heterocycles. The fraction of sp³-hybridized carbons (Fsp3) is 0.222. The van der Waals surface area contributed by atoms with E-state index in [0.717, 1.165) is 0 Å². The zero-order valence-corrected chi connectivity index (χ0v) is 7.76. The number of anilines is 1. The lowest BCUT2D eigenvalue weighted by atomic mass is 10.3. The fourth-order valence-corrected chi connectivity index (χ4v) is 0.941. The number of hydrogen-bond acceptors (Lipinski definition) is 2. The third-order valence-electron chi connectivity index (χ3n) is 1.61. The van der Waals surface area contributed by atoms with E-state index >= 15 is 0 Å². The molecule has 0 radical (unpaired) electrons. The number of hydrogen-bond donors (Lipinski definition) is 1. The summed E-state index contributed by atoms with van der Waals surface area (Å²) in [5, 5.41) is 1.71. The smallest absolute Gasteiger partial charge is 0.471 e. The number of methoxy groups -OCH3 is 1. The molecule has 6 heteroatoms. The maximum atomic E-state index is 11.9. The van der Waals surface area contributed by atoms with Gasteiger partial charge in [-0.15, -0.1) is 0 Å². The lowest BCUT2D eigenvalue weighted by Gasteiger charge is -2.10. The molecular weight excluding hydrogens is 211 g/mol. The maximum Gasteiger partial charge on any atom is 0.471 e. The van der Waals surface area contributed by atoms with Crippen molar-refractivity contribution in [1.29, 1.82) is 0 Å². The molecule has 3 nitrogen and oxygen atoms in total. The van der Waals surface area contributed by atoms with Crippen LogP contribution in [0.4, 0.5) is 18.9 Å². The Morgan fingerprint density at radius 2 is 1.93 bits per heavy atom. The Morgan fingerprint density at radius 3 is 2.47 bits per heavy atom. The highest BCUT2D eigenvalue weighted by atomic mass is 19.4. The van der Waals surface area contributed by atoms with Crippen LogP contribution < -0.4 is 10.1 Å². The van der Waals surface area contributed by atoms with Gasteiger partial charge >= 0.3 is 12.1 Å². The van der Waals surface area contributed by atoms with Gasteiger partial charge in [0.25, 0.3) is 0 Å². The molecule has 0 saturated carbocycles. The van der Waals surface area contributed by atoms with Gasteiger partial charge < -0.3 is 10.1 Å². The number of benzene rings is 1. The van der Waals surface area contributed by atoms with E-state index in [4.69, 9.17) is 4.74 Å². The molecule has 15 heavy (non-hydrogen) atoms. The van der Waals surface area contributed by atoms with Gasteiger partial charge in [0.2, 0.25) is 0 Å². The van der Waals surface area contributed by atoms with Crippen LogP contribution in [0.15, 0.2) is 24.3 Å². The number of carbonyl (C=O) groups is 1. The predicted octanol–water partition coefficient (Wildman–Crippen LogP) is 2.20. The molecule has 0 unspecified atom stereocenters. The van der Waals surface area contributed by atoms with Crippen LogP contribution in [0.25, 0.3) is 0 Å². The lowest BCUT2D eigenvalue weighted by Crippen LogP contribution is -2.30. The van der Waals surface area contributed by atoms with E-state index < -0.39 is 12.1 Å². The van der Waals surface area contributed by atoms with Crippen molar-refractivity contribution in [3.63, 3.8) is 0 Å². The van der Waals surface area contributed by atoms with Crippen LogP contribution in [0.3, 0.4) is 0 Å². The lowest BCUT2D eigenvalue weighted by molar-refractivity contribution is -0.167. The van der Waals surface area contributed by atoms with Gasteiger partial charge in [0.15, 0.2) is 0 Å². The van der Waals surface area contributed by atoms with Gasteiger partial charge in [0, 0.05) is 0 Å². The molecule has 1 aromatic carbocycles. The van der Waals surface area contributed by atoms with E-state index in [0.29, 0.717) is 0 Å². The van der Waals surface area contributed by atoms with E-state index in [-0.39, 0.29) is 11.4 Å². The highest BCUT2D eigenvalue weighted by Gasteiger charge is 2.38. The van der Waals surface area contributed by atoms with Crippen LogP contribution in [0.2, 0.25) is 0 Å². The number of nitrogens with one attached hydrogen (secondary N) is 1. The number of carbonyl (C=O) groups excluding carboxylic acids is 1. The third-order valence-corrected chi connectivity index (χ3v) is 1.61. The Hall–Kier alpha value is -1.72. The van der Waals surface area contributed by atoms with Crippen LogP contribution in [0, 0.1) is 0 Å². The standard InChI is InChI=1S/C9H8F3NO2/c1-15-7-5-3-2-4-6(7)13-8(14)9(10,11)12/h2-5H,1H3,(H,13,14). The predicted molar refractivity (Wildman–Crippen MR) is 47.7 cm³/mol. The van der Waals surface area contributed by atoms with Crippen LogP contribution >= 0.6 is 0 Å². The van der Waals surface area contributed by atoms with E-state index in [1.54, 1.807) is 11.4 Å². The summed E-state index contributed by atoms with van der Waals surface area (Å²) in [7, 11) is 1.30. The van der Waals surface area contributed by atoms with E-state index in [1.807, 2.05) is 0 Å². The Kier molecular flexibility index (Phi) is 3.18. The first-order valence-electron chi connectivity index (χ1n) is 3.96. The number of rotatable bonds is 2. The van der Waals surface area contributed by atoms with Crippen molar-refractivity contribution in [2.24, 2.45) is 0 Å². The summed E-state index contributed by atoms with van der Waals surface area (Å²) in [6.07, 6.45) is -4.90. The minimum atomic E-state index is -4.90. The minimum absolute atomic E-state index is 0.0117. The second kappa shape index (κ2) is 4.20. The summed E-state index contributed by atoms with van der Waals surface area (Å²) >= 11 is 0. The average molecular weight is 219 g/mol. The van der Waals surface area contributed by atoms with Crippen molar-refractivity contribution in [2.75, 3.05) is 12.4 Å². The van der Waals surface area contributed by atoms with Crippen LogP contribution in [-0.4, -0.2) is 19.2 Å². The van der Waals surface area contributed by atoms with Crippen molar-refractivity contribution in [1.82, 2.24) is 0 Å². The number of halogens is 3. The summed E-state index contributed by atoms with van der Waals surface area (Å²) < 4.78 is 40.5. The zero-order chi connectivity index (χ0) is 11.5. The van der Waals surface area contributed by atoms with E-state index in [9.17, 15) is 18.0 Å². The first-order valence-corrected chi connectivity index (χ1v) is 3.96. The van der Waals surface area contributed by atoms with Gasteiger partial charge in [0.05, 0.1) is 12.8 Å². The molecule has 0 saturated heterocycles. The zero-order valence-electron chi connectivity index (χ0n) is 7.76. The Bertz CT molecular complexity index is 363. The summed E-state index contributed by atoms with van der Waals surface area (Å²) in [6, 6.07) is 5.85. The number of ether oxygens (including phenoxy) is 1. The summed E-state index contributed by atoms with van der Waals surface area (Å²) in [4.78, 5) is 10.6. The second-order valence-corrected chi connectivity index (χ2v) is 2.65. The Balaban J connectivity index is 2.85. The molecule has 1 aromatic rings. The highest BCUT2D eigenvalue weighted by molar-refractivity contribution is 5.96. The molecular formula is C9H8F3NO2. The van der Waals surface area contributed by atoms with E-state index in [1.165, 1.54) is 25.3 Å². The SMILES string of the molecule is COc1ccccc1NC(=O)C(F)(F)F. The number of amides is 1. The number of para-hydroxylation sites is 2. The van der Waals surface area contributed by atoms with Gasteiger partial charge in [-0.1, -0.05) is 12.1 Å². The van der Waals surface area contributed by atoms with E-state index in [2.05, 4.69) is 0 Å². The molecule has 0 aromatic heterocycles. The van der Waals surface area contributed by atoms with Crippen molar-refractivity contribution in [2.45, 2.75) is 6.18 Å². The molecule has 1 amide bonds. The maximum absolute atomic E-state index is 11.9. The normalized spacial score (nSPS) is 10.9. The molecule has 1 N–H and O–H groups in total. The van der Waals surface area contributed by atoms with Crippen LogP contribution in [0.5, 0.6) is 5.75 Å². The van der Waals surface area contributed by atoms with Crippen molar-refractivity contribution in [3.05, 3.63) is 24.3 Å². The quantitative estimate of drug-likeness (QED) is 0.827. The first-order chi connectivity index (χ1) is 6.95. The molecule has 0 bridgehead atoms. The van der Waals surface area contributed by atoms with Gasteiger partial charge in [-0.2, -0.15) is 13.2 Å². The fourth-order valence-electron chi connectivity index (χ4n) is 0.941. The largest absolute Gasteiger partial charge is 0.495 e. The summed E-state index contributed by atoms with van der Waals surface area (Å²) in [5.41, 5.74) is -0.0117. The molecule has 0 aliphatic rings. The minimum Gasteiger partial charge on any atom is -0.495 e. The average Bonchev–Trinajstić information content (AvgIpc) is 2.17. The molecule has 0 heterocycles. The van der Waals surface area contributed by atoms with Crippen molar-refractivity contribution >= 4 is 11.6 Å². The molecule has 0 aliphatic carbocycles. The highest BCUT2D eigenvalue weighted by Crippen LogP contribution is 2.25. The molecule has 1 rings (SSSR count). The van der Waals surface area contributed by atoms with Gasteiger partial charge in [0.1, 0.15) is 5.75 Å². The van der Waals surface area contributed by atoms with Crippen LogP contribution in [-0.2, 0) is 4.79 Å². The summed E-state index contributed by atoms with van der Waals surface area (Å²) in [5.74, 6) is -1.85. The molecule has 0 spiro atoms. The molecule has 82 valence electrons. The van der Waals surface area contributed by atoms with Crippen molar-refractivity contribution < 1.29 is 22.7 Å². The number of alkyl halides is 3. The summed E-state index contributed by atoms with van der Waals surface area (Å²) in [6.45, 7) is 0. The van der Waals surface area contributed by atoms with Gasteiger partial charge in [-0.25, -0.2) is 0 Å². The molecule has 0 atom stereocenters. The van der Waals surface area contributed by atoms with Gasteiger partial charge in [-0.3, -0.25) is 4.79 Å². The Morgan fingerprint density at radius 1 is 1.33 bits per heavy atom.